The van der Waals surface area contributed by atoms with E-state index in [1.54, 1.807) is 18.7 Å². The molecule has 1 heterocycles. The number of nitrogens with zero attached hydrogens (tertiary/aromatic N) is 2. The van der Waals surface area contributed by atoms with Crippen LogP contribution in [0.1, 0.15) is 25.0 Å². The summed E-state index contributed by atoms with van der Waals surface area (Å²) in [6.07, 6.45) is 0. The Morgan fingerprint density at radius 2 is 1.82 bits per heavy atom. The van der Waals surface area contributed by atoms with Gasteiger partial charge in [0.05, 0.1) is 29.4 Å². The van der Waals surface area contributed by atoms with Gasteiger partial charge in [-0.25, -0.2) is 4.79 Å². The Hall–Kier alpha value is -3.78. The molecule has 0 unspecified atom stereocenters. The van der Waals surface area contributed by atoms with Crippen LogP contribution < -0.4 is 16.2 Å². The Kier molecular flexibility index (Phi) is 6.95. The molecular formula is C25H25N5O2S. The SMILES string of the molecule is CCOC(=O)C(=NNc1cccc(C)c1)NN=C(C)c1ccc2c(c1)Nc1ccccc1S2. The molecule has 0 saturated carbocycles. The molecule has 3 aromatic rings. The number of esters is 1. The van der Waals surface area contributed by atoms with Crippen LogP contribution in [0.3, 0.4) is 0 Å². The second kappa shape index (κ2) is 10.2. The summed E-state index contributed by atoms with van der Waals surface area (Å²) in [5, 5.41) is 12.0. The molecule has 0 atom stereocenters. The molecule has 0 spiro atoms. The molecule has 3 aromatic carbocycles. The van der Waals surface area contributed by atoms with Gasteiger partial charge in [0.15, 0.2) is 0 Å². The second-order valence-electron chi connectivity index (χ2n) is 7.41. The predicted octanol–water partition coefficient (Wildman–Crippen LogP) is 5.51. The Labute approximate surface area is 197 Å². The first kappa shape index (κ1) is 22.4. The molecule has 1 aliphatic rings. The summed E-state index contributed by atoms with van der Waals surface area (Å²) in [5.41, 5.74) is 11.2. The van der Waals surface area contributed by atoms with E-state index in [2.05, 4.69) is 44.6 Å². The molecule has 4 rings (SSSR count). The van der Waals surface area contributed by atoms with Crippen LogP contribution >= 0.6 is 11.8 Å². The van der Waals surface area contributed by atoms with Gasteiger partial charge in [0.25, 0.3) is 5.84 Å². The molecule has 7 nitrogen and oxygen atoms in total. The number of hydrazone groups is 2. The molecule has 168 valence electrons. The molecule has 0 bridgehead atoms. The maximum atomic E-state index is 12.4. The smallest absolute Gasteiger partial charge is 0.377 e. The van der Waals surface area contributed by atoms with Crippen LogP contribution in [0.15, 0.2) is 86.7 Å². The minimum atomic E-state index is -0.589. The van der Waals surface area contributed by atoms with E-state index in [4.69, 9.17) is 4.74 Å². The number of benzene rings is 3. The van der Waals surface area contributed by atoms with Crippen molar-refractivity contribution < 1.29 is 9.53 Å². The van der Waals surface area contributed by atoms with Gasteiger partial charge >= 0.3 is 5.97 Å². The van der Waals surface area contributed by atoms with Crippen LogP contribution in [-0.2, 0) is 9.53 Å². The molecule has 0 fully saturated rings. The van der Waals surface area contributed by atoms with Crippen LogP contribution in [0, 0.1) is 6.92 Å². The lowest BCUT2D eigenvalue weighted by atomic mass is 10.1. The molecule has 0 saturated heterocycles. The van der Waals surface area contributed by atoms with Crippen molar-refractivity contribution in [3.05, 3.63) is 77.9 Å². The van der Waals surface area contributed by atoms with Crippen molar-refractivity contribution in [2.24, 2.45) is 10.2 Å². The van der Waals surface area contributed by atoms with Crippen LogP contribution in [0.2, 0.25) is 0 Å². The number of hydrogen-bond donors (Lipinski definition) is 3. The molecule has 0 aromatic heterocycles. The second-order valence-corrected chi connectivity index (χ2v) is 8.49. The number of para-hydroxylation sites is 1. The number of amidine groups is 1. The zero-order valence-corrected chi connectivity index (χ0v) is 19.5. The molecule has 8 heteroatoms. The summed E-state index contributed by atoms with van der Waals surface area (Å²) >= 11 is 1.73. The highest BCUT2D eigenvalue weighted by molar-refractivity contribution is 7.99. The normalized spacial score (nSPS) is 12.8. The van der Waals surface area contributed by atoms with Crippen molar-refractivity contribution in [2.75, 3.05) is 17.3 Å². The lowest BCUT2D eigenvalue weighted by Gasteiger charge is -2.21. The minimum absolute atomic E-state index is 0.0294. The molecule has 3 N–H and O–H groups in total. The van der Waals surface area contributed by atoms with Gasteiger partial charge in [-0.05, 0) is 68.3 Å². The van der Waals surface area contributed by atoms with Gasteiger partial charge in [0.1, 0.15) is 0 Å². The van der Waals surface area contributed by atoms with Crippen molar-refractivity contribution in [3.8, 4) is 0 Å². The fraction of sp³-hybridized carbons (Fsp3) is 0.160. The molecule has 0 radical (unpaired) electrons. The van der Waals surface area contributed by atoms with Crippen molar-refractivity contribution in [1.29, 1.82) is 0 Å². The van der Waals surface area contributed by atoms with E-state index >= 15 is 0 Å². The number of nitrogens with one attached hydrogen (secondary N) is 3. The quantitative estimate of drug-likeness (QED) is 0.158. The standard InChI is InChI=1S/C25H25N5O2S/c1-4-32-25(31)24(30-28-19-9-7-8-16(2)14-19)29-27-17(3)18-12-13-23-21(15-18)26-20-10-5-6-11-22(20)33-23/h5-15,26,28H,4H2,1-3H3,(H,29,30). The molecule has 1 aliphatic heterocycles. The van der Waals surface area contributed by atoms with Gasteiger partial charge in [0, 0.05) is 9.79 Å². The topological polar surface area (TPSA) is 87.1 Å². The van der Waals surface area contributed by atoms with Crippen molar-refractivity contribution in [1.82, 2.24) is 5.43 Å². The molecule has 33 heavy (non-hydrogen) atoms. The average Bonchev–Trinajstić information content (AvgIpc) is 2.82. The maximum Gasteiger partial charge on any atom is 0.377 e. The zero-order valence-electron chi connectivity index (χ0n) is 18.7. The van der Waals surface area contributed by atoms with Crippen molar-refractivity contribution >= 4 is 46.3 Å². The highest BCUT2D eigenvalue weighted by atomic mass is 32.2. The first-order chi connectivity index (χ1) is 16.0. The van der Waals surface area contributed by atoms with Crippen LogP contribution in [0.5, 0.6) is 0 Å². The van der Waals surface area contributed by atoms with E-state index < -0.39 is 5.97 Å². The number of carbonyl (C=O) groups is 1. The van der Waals surface area contributed by atoms with E-state index in [1.807, 2.05) is 62.4 Å². The fourth-order valence-corrected chi connectivity index (χ4v) is 4.18. The predicted molar refractivity (Wildman–Crippen MR) is 135 cm³/mol. The van der Waals surface area contributed by atoms with Crippen LogP contribution in [-0.4, -0.2) is 24.1 Å². The Morgan fingerprint density at radius 3 is 2.64 bits per heavy atom. The number of rotatable bonds is 5. The van der Waals surface area contributed by atoms with E-state index in [0.29, 0.717) is 5.71 Å². The molecular weight excluding hydrogens is 434 g/mol. The highest BCUT2D eigenvalue weighted by Gasteiger charge is 2.16. The summed E-state index contributed by atoms with van der Waals surface area (Å²) in [7, 11) is 0. The number of fused-ring (bicyclic) bond motifs is 2. The Balaban J connectivity index is 1.51. The van der Waals surface area contributed by atoms with Crippen molar-refractivity contribution in [2.45, 2.75) is 30.6 Å². The third-order valence-electron chi connectivity index (χ3n) is 4.89. The highest BCUT2D eigenvalue weighted by Crippen LogP contribution is 2.44. The molecule has 0 aliphatic carbocycles. The Bertz CT molecular complexity index is 1240. The summed E-state index contributed by atoms with van der Waals surface area (Å²) in [4.78, 5) is 14.7. The number of aryl methyl sites for hydroxylation is 1. The monoisotopic (exact) mass is 459 g/mol. The summed E-state index contributed by atoms with van der Waals surface area (Å²) < 4.78 is 5.11. The first-order valence-electron chi connectivity index (χ1n) is 10.6. The summed E-state index contributed by atoms with van der Waals surface area (Å²) in [6, 6.07) is 22.0. The lowest BCUT2D eigenvalue weighted by Crippen LogP contribution is -2.31. The van der Waals surface area contributed by atoms with E-state index in [1.165, 1.54) is 4.90 Å². The van der Waals surface area contributed by atoms with E-state index in [0.717, 1.165) is 33.1 Å². The fourth-order valence-electron chi connectivity index (χ4n) is 3.22. The first-order valence-corrected chi connectivity index (χ1v) is 11.4. The van der Waals surface area contributed by atoms with Gasteiger partial charge in [-0.1, -0.05) is 42.1 Å². The third-order valence-corrected chi connectivity index (χ3v) is 6.04. The van der Waals surface area contributed by atoms with Crippen LogP contribution in [0.25, 0.3) is 0 Å². The van der Waals surface area contributed by atoms with E-state index in [-0.39, 0.29) is 12.4 Å². The largest absolute Gasteiger partial charge is 0.460 e. The average molecular weight is 460 g/mol. The number of anilines is 3. The van der Waals surface area contributed by atoms with Gasteiger partial charge in [-0.3, -0.25) is 10.9 Å². The lowest BCUT2D eigenvalue weighted by molar-refractivity contribution is -0.135. The number of hydrogen-bond acceptors (Lipinski definition) is 7. The van der Waals surface area contributed by atoms with E-state index in [9.17, 15) is 4.79 Å². The van der Waals surface area contributed by atoms with Gasteiger partial charge in [-0.2, -0.15) is 5.10 Å². The summed E-state index contributed by atoms with van der Waals surface area (Å²) in [6.45, 7) is 5.84. The van der Waals surface area contributed by atoms with Gasteiger partial charge in [-0.15, -0.1) is 5.10 Å². The van der Waals surface area contributed by atoms with Gasteiger partial charge in [0.2, 0.25) is 0 Å². The zero-order chi connectivity index (χ0) is 23.2. The van der Waals surface area contributed by atoms with Gasteiger partial charge < -0.3 is 10.1 Å². The number of carbonyl (C=O) groups excluding carboxylic acids is 1. The maximum absolute atomic E-state index is 12.4. The minimum Gasteiger partial charge on any atom is -0.460 e. The van der Waals surface area contributed by atoms with Crippen molar-refractivity contribution in [3.63, 3.8) is 0 Å². The van der Waals surface area contributed by atoms with Crippen LogP contribution in [0.4, 0.5) is 17.1 Å². The number of ether oxygens (including phenoxy) is 1. The molecule has 0 amide bonds. The third kappa shape index (κ3) is 5.53. The Morgan fingerprint density at radius 1 is 1.00 bits per heavy atom. The summed E-state index contributed by atoms with van der Waals surface area (Å²) in [5.74, 6) is -0.618.